The van der Waals surface area contributed by atoms with Gasteiger partial charge in [-0.2, -0.15) is 13.2 Å². The van der Waals surface area contributed by atoms with E-state index >= 15 is 0 Å². The van der Waals surface area contributed by atoms with E-state index < -0.39 is 87.8 Å². The lowest BCUT2D eigenvalue weighted by atomic mass is 9.57. The number of alkyl halides is 3. The lowest BCUT2D eigenvalue weighted by Crippen LogP contribution is -2.65. The van der Waals surface area contributed by atoms with Crippen molar-refractivity contribution in [2.45, 2.75) is 56.2 Å². The van der Waals surface area contributed by atoms with Crippen molar-refractivity contribution in [3.05, 3.63) is 81.1 Å². The molecule has 5 atom stereocenters. The number of nitrogens with one attached hydrogen (secondary N) is 1. The molecular weight excluding hydrogens is 583 g/mol. The van der Waals surface area contributed by atoms with Crippen LogP contribution in [0.15, 0.2) is 53.3 Å². The fourth-order valence-electron chi connectivity index (χ4n) is 7.21. The largest absolute Gasteiger partial charge is 0.508 e. The van der Waals surface area contributed by atoms with Gasteiger partial charge in [-0.3, -0.25) is 14.4 Å². The number of rotatable bonds is 5. The molecular formula is C31H30F3N3O7. The molecule has 2 aromatic rings. The lowest BCUT2D eigenvalue weighted by Gasteiger charge is -2.48. The first-order chi connectivity index (χ1) is 20.8. The van der Waals surface area contributed by atoms with E-state index in [1.165, 1.54) is 6.07 Å². The Morgan fingerprint density at radius 2 is 1.86 bits per heavy atom. The number of benzene rings is 2. The van der Waals surface area contributed by atoms with Crippen LogP contribution in [0.1, 0.15) is 53.1 Å². The second-order valence-corrected chi connectivity index (χ2v) is 11.7. The Labute approximate surface area is 249 Å². The van der Waals surface area contributed by atoms with E-state index in [2.05, 4.69) is 5.32 Å². The van der Waals surface area contributed by atoms with Crippen LogP contribution in [0.25, 0.3) is 5.76 Å². The van der Waals surface area contributed by atoms with Crippen molar-refractivity contribution < 1.29 is 47.6 Å². The summed E-state index contributed by atoms with van der Waals surface area (Å²) < 4.78 is 50.7. The summed E-state index contributed by atoms with van der Waals surface area (Å²) in [5.74, 6) is -8.68. The minimum atomic E-state index is -4.85. The average Bonchev–Trinajstić information content (AvgIpc) is 3.51. The van der Waals surface area contributed by atoms with Gasteiger partial charge in [0.15, 0.2) is 11.4 Å². The molecule has 0 radical (unpaired) electrons. The molecule has 0 spiro atoms. The lowest BCUT2D eigenvalue weighted by molar-refractivity contribution is -0.149. The van der Waals surface area contributed by atoms with Gasteiger partial charge in [0.05, 0.1) is 17.2 Å². The van der Waals surface area contributed by atoms with E-state index in [-0.39, 0.29) is 35.5 Å². The molecule has 0 bridgehead atoms. The summed E-state index contributed by atoms with van der Waals surface area (Å²) in [6.45, 7) is 0.451. The summed E-state index contributed by atoms with van der Waals surface area (Å²) in [5.41, 5.74) is 5.91. The molecule has 1 amide bonds. The number of aliphatic hydroxyl groups excluding tert-OH is 2. The standard InChI is InChI=1S/C31H30F3N3O7/c32-31(33,34)23-15(18-7-4-8-37-18)11-19(44-12-13-5-2-1-3-6-13)21-16(23)9-14-10-17-24(35)26(39)22(29(36)42)28(41)30(17,43)27(40)20(14)25(21)38/h1-3,5-6,11,14,17-18,24,37-38,41,43H,4,7-10,12,35H2,(H2,36,42)/t14-,17-,18?,24-,30-/m0/s1. The maximum absolute atomic E-state index is 14.9. The molecule has 2 aromatic carbocycles. The number of halogens is 3. The van der Waals surface area contributed by atoms with Crippen molar-refractivity contribution in [1.29, 1.82) is 0 Å². The zero-order valence-corrected chi connectivity index (χ0v) is 23.3. The monoisotopic (exact) mass is 613 g/mol. The van der Waals surface area contributed by atoms with Crippen LogP contribution in [0.3, 0.4) is 0 Å². The third-order valence-electron chi connectivity index (χ3n) is 9.23. The maximum atomic E-state index is 14.9. The van der Waals surface area contributed by atoms with Gasteiger partial charge >= 0.3 is 6.18 Å². The Morgan fingerprint density at radius 1 is 1.16 bits per heavy atom. The Hall–Kier alpha value is -4.20. The van der Waals surface area contributed by atoms with E-state index in [0.29, 0.717) is 24.9 Å². The second kappa shape index (κ2) is 10.5. The average molecular weight is 614 g/mol. The number of carbonyl (C=O) groups is 3. The van der Waals surface area contributed by atoms with Crippen LogP contribution in [-0.2, 0) is 33.6 Å². The van der Waals surface area contributed by atoms with E-state index in [1.807, 2.05) is 0 Å². The molecule has 10 nitrogen and oxygen atoms in total. The molecule has 3 aliphatic carbocycles. The number of aliphatic hydroxyl groups is 3. The van der Waals surface area contributed by atoms with Gasteiger partial charge < -0.3 is 36.8 Å². The summed E-state index contributed by atoms with van der Waals surface area (Å²) in [7, 11) is 0. The van der Waals surface area contributed by atoms with Gasteiger partial charge in [0.25, 0.3) is 5.91 Å². The number of primary amides is 1. The van der Waals surface area contributed by atoms with Crippen LogP contribution in [0.2, 0.25) is 0 Å². The normalized spacial score (nSPS) is 28.5. The Balaban J connectivity index is 1.58. The number of amides is 1. The van der Waals surface area contributed by atoms with Gasteiger partial charge in [-0.15, -0.1) is 0 Å². The van der Waals surface area contributed by atoms with Crippen LogP contribution >= 0.6 is 0 Å². The SMILES string of the molecule is NC(=O)C1=C(O)[C@@]2(O)C(=O)C3=C(O)c4c(OCc5ccccc5)cc(C5CCCN5)c(C(F)(F)F)c4C[C@H]3C[C@H]2[C@H](N)C1=O. The zero-order valence-electron chi connectivity index (χ0n) is 23.3. The zero-order chi connectivity index (χ0) is 31.7. The summed E-state index contributed by atoms with van der Waals surface area (Å²) in [6, 6.07) is 7.73. The summed E-state index contributed by atoms with van der Waals surface area (Å²) in [4.78, 5) is 38.8. The number of Topliss-reactive ketones (excluding diaryl/α,β-unsaturated/α-hetero) is 2. The van der Waals surface area contributed by atoms with Gasteiger partial charge in [-0.05, 0) is 60.9 Å². The quantitative estimate of drug-likeness (QED) is 0.276. The third kappa shape index (κ3) is 4.41. The van der Waals surface area contributed by atoms with E-state index in [1.54, 1.807) is 30.3 Å². The van der Waals surface area contributed by atoms with Gasteiger partial charge in [0.1, 0.15) is 29.4 Å². The van der Waals surface area contributed by atoms with Crippen molar-refractivity contribution in [2.24, 2.45) is 23.3 Å². The van der Waals surface area contributed by atoms with Gasteiger partial charge in [0.2, 0.25) is 5.78 Å². The van der Waals surface area contributed by atoms with Crippen molar-refractivity contribution in [3.8, 4) is 5.75 Å². The smallest absolute Gasteiger partial charge is 0.417 e. The summed E-state index contributed by atoms with van der Waals surface area (Å²) in [6.07, 6.45) is -4.52. The first-order valence-electron chi connectivity index (χ1n) is 14.2. The van der Waals surface area contributed by atoms with Crippen LogP contribution < -0.4 is 21.5 Å². The highest BCUT2D eigenvalue weighted by Crippen LogP contribution is 2.54. The summed E-state index contributed by atoms with van der Waals surface area (Å²) in [5, 5.41) is 37.1. The number of nitrogens with two attached hydrogens (primary N) is 2. The Kier molecular flexibility index (Phi) is 7.10. The number of hydrogen-bond donors (Lipinski definition) is 6. The van der Waals surface area contributed by atoms with Gasteiger partial charge in [-0.1, -0.05) is 30.3 Å². The predicted octanol–water partition coefficient (Wildman–Crippen LogP) is 2.68. The molecule has 1 saturated heterocycles. The fraction of sp³-hybridized carbons (Fsp3) is 0.387. The molecule has 1 unspecified atom stereocenters. The molecule has 4 aliphatic rings. The predicted molar refractivity (Wildman–Crippen MR) is 149 cm³/mol. The topological polar surface area (TPSA) is 185 Å². The van der Waals surface area contributed by atoms with E-state index in [0.717, 1.165) is 0 Å². The Morgan fingerprint density at radius 3 is 2.48 bits per heavy atom. The maximum Gasteiger partial charge on any atom is 0.417 e. The number of carbonyl (C=O) groups excluding carboxylic acids is 3. The fourth-order valence-corrected chi connectivity index (χ4v) is 7.21. The summed E-state index contributed by atoms with van der Waals surface area (Å²) >= 11 is 0. The van der Waals surface area contributed by atoms with Crippen LogP contribution in [0.5, 0.6) is 5.75 Å². The highest BCUT2D eigenvalue weighted by Gasteiger charge is 2.63. The molecule has 6 rings (SSSR count). The number of hydrogen-bond acceptors (Lipinski definition) is 9. The Bertz CT molecular complexity index is 1650. The number of ketones is 2. The van der Waals surface area contributed by atoms with Crippen molar-refractivity contribution in [2.75, 3.05) is 6.54 Å². The second-order valence-electron chi connectivity index (χ2n) is 11.7. The van der Waals surface area contributed by atoms with Crippen LogP contribution in [0.4, 0.5) is 13.2 Å². The van der Waals surface area contributed by atoms with E-state index in [9.17, 15) is 42.9 Å². The minimum absolute atomic E-state index is 0.0528. The van der Waals surface area contributed by atoms with E-state index in [4.69, 9.17) is 16.2 Å². The molecule has 8 N–H and O–H groups in total. The molecule has 1 aliphatic heterocycles. The van der Waals surface area contributed by atoms with Crippen LogP contribution in [0, 0.1) is 11.8 Å². The first kappa shape index (κ1) is 29.9. The number of fused-ring (bicyclic) bond motifs is 3. The highest BCUT2D eigenvalue weighted by atomic mass is 19.4. The molecule has 1 saturated carbocycles. The van der Waals surface area contributed by atoms with Crippen molar-refractivity contribution in [3.63, 3.8) is 0 Å². The first-order valence-corrected chi connectivity index (χ1v) is 14.2. The molecule has 0 aromatic heterocycles. The highest BCUT2D eigenvalue weighted by molar-refractivity contribution is 6.24. The third-order valence-corrected chi connectivity index (χ3v) is 9.23. The minimum Gasteiger partial charge on any atom is -0.508 e. The molecule has 2 fully saturated rings. The number of ether oxygens (including phenoxy) is 1. The van der Waals surface area contributed by atoms with Crippen LogP contribution in [-0.4, -0.2) is 51.0 Å². The molecule has 44 heavy (non-hydrogen) atoms. The van der Waals surface area contributed by atoms with Gasteiger partial charge in [0, 0.05) is 17.5 Å². The molecule has 232 valence electrons. The molecule has 1 heterocycles. The van der Waals surface area contributed by atoms with Gasteiger partial charge in [-0.25, -0.2) is 0 Å². The van der Waals surface area contributed by atoms with Crippen molar-refractivity contribution in [1.82, 2.24) is 5.32 Å². The molecule has 13 heteroatoms. The van der Waals surface area contributed by atoms with Crippen molar-refractivity contribution >= 4 is 23.2 Å².